The van der Waals surface area contributed by atoms with Crippen molar-refractivity contribution < 1.29 is 14.1 Å². The van der Waals surface area contributed by atoms with Crippen molar-refractivity contribution >= 4 is 45.2 Å². The monoisotopic (exact) mass is 562 g/mol. The van der Waals surface area contributed by atoms with Crippen LogP contribution < -0.4 is 10.0 Å². The number of anilines is 1. The predicted octanol–water partition coefficient (Wildman–Crippen LogP) is 4.96. The SMILES string of the molecule is CC(C)C(C)(O)Cn1c(NC(=O)c2ccc(-c3cn[nH]c3)s2)nc2cc(S(=O)NCc3ccccc3)ccc21. The summed E-state index contributed by atoms with van der Waals surface area (Å²) in [6.07, 6.45) is 3.48. The first-order valence-electron chi connectivity index (χ1n) is 12.5. The van der Waals surface area contributed by atoms with Gasteiger partial charge >= 0.3 is 0 Å². The first-order valence-corrected chi connectivity index (χ1v) is 14.5. The van der Waals surface area contributed by atoms with Gasteiger partial charge in [0, 0.05) is 23.2 Å². The molecule has 2 aromatic carbocycles. The van der Waals surface area contributed by atoms with Crippen LogP contribution in [0.5, 0.6) is 0 Å². The standard InChI is InChI=1S/C28H30N6O3S2/c1-18(2)28(3,36)17-34-23-10-9-21(39(37)31-14-19-7-5-4-6-8-19)13-22(23)32-27(34)33-26(35)25-12-11-24(38-25)20-15-29-30-16-20/h4-13,15-16,18,31,36H,14,17H2,1-3H3,(H,29,30)(H,32,33,35). The Morgan fingerprint density at radius 1 is 1.18 bits per heavy atom. The number of imidazole rings is 1. The summed E-state index contributed by atoms with van der Waals surface area (Å²) in [5.41, 5.74) is 2.17. The van der Waals surface area contributed by atoms with Crippen molar-refractivity contribution in [3.63, 3.8) is 0 Å². The van der Waals surface area contributed by atoms with Gasteiger partial charge in [-0.2, -0.15) is 5.10 Å². The molecule has 0 radical (unpaired) electrons. The van der Waals surface area contributed by atoms with E-state index in [2.05, 4.69) is 25.2 Å². The zero-order chi connectivity index (χ0) is 27.6. The molecule has 2 unspecified atom stereocenters. The fraction of sp³-hybridized carbons (Fsp3) is 0.250. The minimum atomic E-state index is -1.46. The van der Waals surface area contributed by atoms with Gasteiger partial charge in [0.2, 0.25) is 5.95 Å². The van der Waals surface area contributed by atoms with Gasteiger partial charge in [0.05, 0.1) is 39.1 Å². The van der Waals surface area contributed by atoms with Gasteiger partial charge in [-0.1, -0.05) is 44.2 Å². The van der Waals surface area contributed by atoms with Gasteiger partial charge < -0.3 is 9.67 Å². The third-order valence-electron chi connectivity index (χ3n) is 6.74. The number of rotatable bonds is 10. The fourth-order valence-electron chi connectivity index (χ4n) is 3.98. The van der Waals surface area contributed by atoms with Gasteiger partial charge in [-0.25, -0.2) is 13.9 Å². The average molecular weight is 563 g/mol. The lowest BCUT2D eigenvalue weighted by Crippen LogP contribution is -2.36. The van der Waals surface area contributed by atoms with Gasteiger partial charge in [0.25, 0.3) is 5.91 Å². The molecule has 202 valence electrons. The van der Waals surface area contributed by atoms with Crippen LogP contribution in [0.1, 0.15) is 36.0 Å². The molecule has 4 N–H and O–H groups in total. The van der Waals surface area contributed by atoms with Crippen molar-refractivity contribution in [2.45, 2.75) is 44.4 Å². The Morgan fingerprint density at radius 2 is 1.97 bits per heavy atom. The summed E-state index contributed by atoms with van der Waals surface area (Å²) < 4.78 is 17.8. The van der Waals surface area contributed by atoms with Crippen LogP contribution in [0.15, 0.2) is 78.0 Å². The summed E-state index contributed by atoms with van der Waals surface area (Å²) in [7, 11) is -1.46. The van der Waals surface area contributed by atoms with E-state index >= 15 is 0 Å². The van der Waals surface area contributed by atoms with Crippen LogP contribution in [0.25, 0.3) is 21.5 Å². The van der Waals surface area contributed by atoms with E-state index in [0.717, 1.165) is 21.5 Å². The maximum absolute atomic E-state index is 13.2. The zero-order valence-corrected chi connectivity index (χ0v) is 23.5. The number of fused-ring (bicyclic) bond motifs is 1. The maximum atomic E-state index is 13.2. The maximum Gasteiger partial charge on any atom is 0.268 e. The van der Waals surface area contributed by atoms with Gasteiger partial charge in [-0.3, -0.25) is 15.2 Å². The lowest BCUT2D eigenvalue weighted by molar-refractivity contribution is -0.00134. The van der Waals surface area contributed by atoms with Crippen molar-refractivity contribution in [3.8, 4) is 10.4 Å². The highest BCUT2D eigenvalue weighted by Gasteiger charge is 2.28. The molecule has 0 spiro atoms. The second-order valence-corrected chi connectivity index (χ2v) is 12.2. The summed E-state index contributed by atoms with van der Waals surface area (Å²) in [5, 5.41) is 20.8. The van der Waals surface area contributed by atoms with Gasteiger partial charge in [-0.15, -0.1) is 11.3 Å². The lowest BCUT2D eigenvalue weighted by Gasteiger charge is -2.29. The topological polar surface area (TPSA) is 125 Å². The predicted molar refractivity (Wildman–Crippen MR) is 155 cm³/mol. The second kappa shape index (κ2) is 11.2. The molecule has 0 aliphatic heterocycles. The molecule has 3 aromatic heterocycles. The molecule has 11 heteroatoms. The van der Waals surface area contributed by atoms with Crippen LogP contribution in [0, 0.1) is 5.92 Å². The Labute approximate surface area is 232 Å². The number of hydrogen-bond donors (Lipinski definition) is 4. The molecular formula is C28H30N6O3S2. The fourth-order valence-corrected chi connectivity index (χ4v) is 5.73. The normalized spacial score (nSPS) is 14.0. The van der Waals surface area contributed by atoms with E-state index < -0.39 is 16.6 Å². The smallest absolute Gasteiger partial charge is 0.268 e. The number of aromatic nitrogens is 4. The molecule has 0 aliphatic carbocycles. The van der Waals surface area contributed by atoms with Gasteiger partial charge in [0.15, 0.2) is 0 Å². The molecule has 0 bridgehead atoms. The highest BCUT2D eigenvalue weighted by atomic mass is 32.2. The lowest BCUT2D eigenvalue weighted by atomic mass is 9.92. The summed E-state index contributed by atoms with van der Waals surface area (Å²) in [6.45, 7) is 6.33. The molecule has 9 nitrogen and oxygen atoms in total. The van der Waals surface area contributed by atoms with E-state index in [0.29, 0.717) is 27.8 Å². The van der Waals surface area contributed by atoms with E-state index in [1.807, 2.05) is 60.9 Å². The molecule has 0 saturated heterocycles. The Hall–Kier alpha value is -3.64. The average Bonchev–Trinajstić information content (AvgIpc) is 3.68. The van der Waals surface area contributed by atoms with Crippen LogP contribution in [0.2, 0.25) is 0 Å². The van der Waals surface area contributed by atoms with Crippen LogP contribution in [0.4, 0.5) is 5.95 Å². The first kappa shape index (κ1) is 26.9. The van der Waals surface area contributed by atoms with Crippen molar-refractivity contribution in [1.82, 2.24) is 24.5 Å². The highest BCUT2D eigenvalue weighted by molar-refractivity contribution is 7.83. The zero-order valence-electron chi connectivity index (χ0n) is 21.8. The molecule has 3 heterocycles. The molecule has 0 aliphatic rings. The number of aliphatic hydroxyl groups is 1. The molecule has 1 amide bonds. The van der Waals surface area contributed by atoms with Crippen molar-refractivity contribution in [2.24, 2.45) is 5.92 Å². The molecule has 39 heavy (non-hydrogen) atoms. The molecule has 5 rings (SSSR count). The van der Waals surface area contributed by atoms with Crippen LogP contribution in [-0.4, -0.2) is 40.6 Å². The first-order chi connectivity index (χ1) is 18.7. The molecule has 5 aromatic rings. The van der Waals surface area contributed by atoms with Crippen LogP contribution in [-0.2, 0) is 24.1 Å². The van der Waals surface area contributed by atoms with Crippen molar-refractivity contribution in [3.05, 3.63) is 83.5 Å². The van der Waals surface area contributed by atoms with E-state index in [1.54, 1.807) is 37.5 Å². The molecule has 0 fully saturated rings. The van der Waals surface area contributed by atoms with E-state index in [4.69, 9.17) is 0 Å². The van der Waals surface area contributed by atoms with E-state index in [-0.39, 0.29) is 18.4 Å². The number of benzene rings is 2. The number of hydrogen-bond acceptors (Lipinski definition) is 6. The summed E-state index contributed by atoms with van der Waals surface area (Å²) in [4.78, 5) is 19.9. The van der Waals surface area contributed by atoms with Crippen molar-refractivity contribution in [1.29, 1.82) is 0 Å². The third-order valence-corrected chi connectivity index (χ3v) is 8.97. The van der Waals surface area contributed by atoms with Gasteiger partial charge in [-0.05, 0) is 48.7 Å². The Morgan fingerprint density at radius 3 is 2.69 bits per heavy atom. The van der Waals surface area contributed by atoms with Crippen LogP contribution >= 0.6 is 11.3 Å². The number of carbonyl (C=O) groups excluding carboxylic acids is 1. The Balaban J connectivity index is 1.43. The summed E-state index contributed by atoms with van der Waals surface area (Å²) in [6, 6.07) is 18.8. The minimum Gasteiger partial charge on any atom is -0.388 e. The van der Waals surface area contributed by atoms with Gasteiger partial charge in [0.1, 0.15) is 11.0 Å². The number of aromatic amines is 1. The third kappa shape index (κ3) is 6.01. The number of carbonyl (C=O) groups is 1. The second-order valence-electron chi connectivity index (χ2n) is 9.86. The molecule has 2 atom stereocenters. The van der Waals surface area contributed by atoms with E-state index in [1.165, 1.54) is 11.3 Å². The largest absolute Gasteiger partial charge is 0.388 e. The Kier molecular flexibility index (Phi) is 7.76. The number of H-pyrrole nitrogens is 1. The summed E-state index contributed by atoms with van der Waals surface area (Å²) >= 11 is 1.35. The summed E-state index contributed by atoms with van der Waals surface area (Å²) in [5.74, 6) is -0.0274. The number of thiophene rings is 1. The number of nitrogens with one attached hydrogen (secondary N) is 3. The number of amides is 1. The molecule has 0 saturated carbocycles. The van der Waals surface area contributed by atoms with Crippen molar-refractivity contribution in [2.75, 3.05) is 5.32 Å². The highest BCUT2D eigenvalue weighted by Crippen LogP contribution is 2.30. The van der Waals surface area contributed by atoms with E-state index in [9.17, 15) is 14.1 Å². The number of nitrogens with zero attached hydrogens (tertiary/aromatic N) is 3. The Bertz CT molecular complexity index is 1610. The minimum absolute atomic E-state index is 0.0396. The molecular weight excluding hydrogens is 532 g/mol. The quantitative estimate of drug-likeness (QED) is 0.192. The van der Waals surface area contributed by atoms with Crippen LogP contribution in [0.3, 0.4) is 0 Å².